The summed E-state index contributed by atoms with van der Waals surface area (Å²) < 4.78 is 16.9. The molecule has 0 bridgehead atoms. The predicted molar refractivity (Wildman–Crippen MR) is 133 cm³/mol. The molecule has 3 atom stereocenters. The first kappa shape index (κ1) is 26.6. The van der Waals surface area contributed by atoms with E-state index in [-0.39, 0.29) is 36.5 Å². The van der Waals surface area contributed by atoms with Gasteiger partial charge in [-0.2, -0.15) is 0 Å². The normalized spacial score (nSPS) is 21.9. The molecule has 0 radical (unpaired) electrons. The summed E-state index contributed by atoms with van der Waals surface area (Å²) in [6.45, 7) is 6.55. The summed E-state index contributed by atoms with van der Waals surface area (Å²) in [6, 6.07) is 9.21. The van der Waals surface area contributed by atoms with Crippen LogP contribution in [0.3, 0.4) is 0 Å². The molecule has 1 N–H and O–H groups in total. The second-order valence-corrected chi connectivity index (χ2v) is 9.07. The second-order valence-electron chi connectivity index (χ2n) is 9.07. The van der Waals surface area contributed by atoms with E-state index < -0.39 is 0 Å². The van der Waals surface area contributed by atoms with Gasteiger partial charge in [-0.15, -0.1) is 0 Å². The zero-order valence-corrected chi connectivity index (χ0v) is 21.2. The Kier molecular flexibility index (Phi) is 9.59. The van der Waals surface area contributed by atoms with E-state index in [1.807, 2.05) is 12.1 Å². The van der Waals surface area contributed by atoms with Crippen LogP contribution in [-0.4, -0.2) is 86.3 Å². The van der Waals surface area contributed by atoms with Gasteiger partial charge in [0.1, 0.15) is 19.0 Å². The standard InChI is InChI=1S/C26H36N4O5/c1-18-13-30(14-20-8-10-27-11-9-20)19(2)16-35-23-7-6-21(28-25(31)17-33-4)12-22(23)26(32)29(3)15-24(18)34-5/h6-12,18-19,24H,13-17H2,1-5H3,(H,28,31)/t18-,19-,24-/m0/s1. The number of fused-ring (bicyclic) bond motifs is 1. The van der Waals surface area contributed by atoms with Crippen molar-refractivity contribution in [1.82, 2.24) is 14.8 Å². The van der Waals surface area contributed by atoms with Crippen molar-refractivity contribution in [2.75, 3.05) is 52.9 Å². The second kappa shape index (κ2) is 12.6. The third-order valence-corrected chi connectivity index (χ3v) is 6.27. The van der Waals surface area contributed by atoms with E-state index in [1.54, 1.807) is 49.7 Å². The molecule has 3 rings (SSSR count). The van der Waals surface area contributed by atoms with Crippen LogP contribution >= 0.6 is 0 Å². The number of aromatic nitrogens is 1. The maximum atomic E-state index is 13.4. The molecule has 2 aromatic rings. The Morgan fingerprint density at radius 2 is 1.91 bits per heavy atom. The Balaban J connectivity index is 1.92. The zero-order valence-electron chi connectivity index (χ0n) is 21.2. The molecular weight excluding hydrogens is 448 g/mol. The van der Waals surface area contributed by atoms with E-state index in [4.69, 9.17) is 14.2 Å². The Labute approximate surface area is 207 Å². The van der Waals surface area contributed by atoms with Crippen molar-refractivity contribution in [2.45, 2.75) is 32.5 Å². The number of carbonyl (C=O) groups excluding carboxylic acids is 2. The van der Waals surface area contributed by atoms with Crippen molar-refractivity contribution in [3.8, 4) is 5.75 Å². The number of pyridine rings is 1. The van der Waals surface area contributed by atoms with Gasteiger partial charge in [0.2, 0.25) is 5.91 Å². The van der Waals surface area contributed by atoms with Crippen molar-refractivity contribution in [3.63, 3.8) is 0 Å². The lowest BCUT2D eigenvalue weighted by molar-refractivity contribution is -0.119. The molecule has 2 amide bonds. The van der Waals surface area contributed by atoms with Crippen molar-refractivity contribution in [2.24, 2.45) is 5.92 Å². The summed E-state index contributed by atoms with van der Waals surface area (Å²) in [5.74, 6) is 0.151. The lowest BCUT2D eigenvalue weighted by atomic mass is 10.0. The van der Waals surface area contributed by atoms with Crippen LogP contribution in [0.5, 0.6) is 5.75 Å². The van der Waals surface area contributed by atoms with E-state index in [9.17, 15) is 9.59 Å². The van der Waals surface area contributed by atoms with E-state index >= 15 is 0 Å². The first-order valence-electron chi connectivity index (χ1n) is 11.8. The number of nitrogens with one attached hydrogen (secondary N) is 1. The average molecular weight is 485 g/mol. The van der Waals surface area contributed by atoms with Crippen LogP contribution in [-0.2, 0) is 20.8 Å². The minimum atomic E-state index is -0.295. The Bertz CT molecular complexity index is 987. The summed E-state index contributed by atoms with van der Waals surface area (Å²) in [4.78, 5) is 33.5. The quantitative estimate of drug-likeness (QED) is 0.674. The maximum Gasteiger partial charge on any atom is 0.257 e. The highest BCUT2D eigenvalue weighted by Crippen LogP contribution is 2.26. The molecule has 0 spiro atoms. The van der Waals surface area contributed by atoms with Gasteiger partial charge in [-0.1, -0.05) is 6.92 Å². The number of carbonyl (C=O) groups is 2. The molecule has 0 aliphatic carbocycles. The molecule has 190 valence electrons. The number of anilines is 1. The van der Waals surface area contributed by atoms with Gasteiger partial charge in [0.15, 0.2) is 0 Å². The number of amides is 2. The summed E-state index contributed by atoms with van der Waals surface area (Å²) in [7, 11) is 4.89. The highest BCUT2D eigenvalue weighted by Gasteiger charge is 2.28. The molecule has 2 heterocycles. The predicted octanol–water partition coefficient (Wildman–Crippen LogP) is 2.67. The number of benzene rings is 1. The van der Waals surface area contributed by atoms with Gasteiger partial charge in [-0.3, -0.25) is 19.5 Å². The lowest BCUT2D eigenvalue weighted by Crippen LogP contribution is -2.46. The molecule has 0 fully saturated rings. The van der Waals surface area contributed by atoms with Crippen LogP contribution in [0, 0.1) is 5.92 Å². The Hall–Kier alpha value is -3.01. The fraction of sp³-hybridized carbons (Fsp3) is 0.500. The van der Waals surface area contributed by atoms with Gasteiger partial charge < -0.3 is 24.4 Å². The van der Waals surface area contributed by atoms with Crippen LogP contribution in [0.2, 0.25) is 0 Å². The molecule has 1 aliphatic rings. The monoisotopic (exact) mass is 484 g/mol. The molecule has 0 saturated carbocycles. The van der Waals surface area contributed by atoms with Crippen LogP contribution in [0.15, 0.2) is 42.7 Å². The zero-order chi connectivity index (χ0) is 25.4. The number of nitrogens with zero attached hydrogens (tertiary/aromatic N) is 3. The number of methoxy groups -OCH3 is 2. The summed E-state index contributed by atoms with van der Waals surface area (Å²) in [6.07, 6.45) is 3.45. The molecule has 9 heteroatoms. The summed E-state index contributed by atoms with van der Waals surface area (Å²) in [5, 5.41) is 2.76. The first-order chi connectivity index (χ1) is 16.8. The van der Waals surface area contributed by atoms with Crippen molar-refractivity contribution < 1.29 is 23.8 Å². The number of ether oxygens (including phenoxy) is 3. The van der Waals surface area contributed by atoms with Gasteiger partial charge in [0.25, 0.3) is 5.91 Å². The lowest BCUT2D eigenvalue weighted by Gasteiger charge is -2.36. The molecule has 1 aromatic heterocycles. The molecule has 1 aliphatic heterocycles. The van der Waals surface area contributed by atoms with E-state index in [0.717, 1.165) is 13.1 Å². The highest BCUT2D eigenvalue weighted by molar-refractivity contribution is 5.99. The summed E-state index contributed by atoms with van der Waals surface area (Å²) in [5.41, 5.74) is 2.06. The largest absolute Gasteiger partial charge is 0.491 e. The van der Waals surface area contributed by atoms with Gasteiger partial charge in [-0.05, 0) is 48.7 Å². The van der Waals surface area contributed by atoms with Gasteiger partial charge in [0.05, 0.1) is 11.7 Å². The average Bonchev–Trinajstić information content (AvgIpc) is 2.85. The molecule has 9 nitrogen and oxygen atoms in total. The first-order valence-corrected chi connectivity index (χ1v) is 11.8. The molecule has 0 unspecified atom stereocenters. The van der Waals surface area contributed by atoms with Crippen LogP contribution in [0.25, 0.3) is 0 Å². The highest BCUT2D eigenvalue weighted by atomic mass is 16.5. The Morgan fingerprint density at radius 3 is 2.60 bits per heavy atom. The molecule has 0 saturated heterocycles. The number of likely N-dealkylation sites (N-methyl/N-ethyl adjacent to an activating group) is 1. The smallest absolute Gasteiger partial charge is 0.257 e. The van der Waals surface area contributed by atoms with Crippen LogP contribution in [0.4, 0.5) is 5.69 Å². The minimum absolute atomic E-state index is 0.0698. The van der Waals surface area contributed by atoms with E-state index in [0.29, 0.717) is 30.2 Å². The van der Waals surface area contributed by atoms with Crippen molar-refractivity contribution in [1.29, 1.82) is 0 Å². The van der Waals surface area contributed by atoms with Gasteiger partial charge in [-0.25, -0.2) is 0 Å². The molecule has 35 heavy (non-hydrogen) atoms. The maximum absolute atomic E-state index is 13.4. The SMILES string of the molecule is COCC(=O)Nc1ccc2c(c1)C(=O)N(C)C[C@H](OC)[C@@H](C)CN(Cc1ccncc1)[C@@H](C)CO2. The fourth-order valence-corrected chi connectivity index (χ4v) is 4.20. The summed E-state index contributed by atoms with van der Waals surface area (Å²) >= 11 is 0. The van der Waals surface area contributed by atoms with Gasteiger partial charge >= 0.3 is 0 Å². The topological polar surface area (TPSA) is 93.2 Å². The fourth-order valence-electron chi connectivity index (χ4n) is 4.20. The van der Waals surface area contributed by atoms with Crippen molar-refractivity contribution in [3.05, 3.63) is 53.9 Å². The van der Waals surface area contributed by atoms with Crippen LogP contribution in [0.1, 0.15) is 29.8 Å². The minimum Gasteiger partial charge on any atom is -0.491 e. The third-order valence-electron chi connectivity index (χ3n) is 6.27. The van der Waals surface area contributed by atoms with Gasteiger partial charge in [0, 0.05) is 65.0 Å². The number of rotatable bonds is 6. The molecular formula is C26H36N4O5. The Morgan fingerprint density at radius 1 is 1.17 bits per heavy atom. The molecule has 1 aromatic carbocycles. The third kappa shape index (κ3) is 7.24. The van der Waals surface area contributed by atoms with Crippen LogP contribution < -0.4 is 10.1 Å². The van der Waals surface area contributed by atoms with Crippen molar-refractivity contribution >= 4 is 17.5 Å². The number of hydrogen-bond acceptors (Lipinski definition) is 7. The van der Waals surface area contributed by atoms with E-state index in [2.05, 4.69) is 29.0 Å². The number of hydrogen-bond donors (Lipinski definition) is 1. The van der Waals surface area contributed by atoms with E-state index in [1.165, 1.54) is 12.7 Å².